The molecule has 0 saturated heterocycles. The van der Waals surface area contributed by atoms with Gasteiger partial charge in [0.1, 0.15) is 0 Å². The van der Waals surface area contributed by atoms with Crippen molar-refractivity contribution in [3.63, 3.8) is 0 Å². The first-order valence-electron chi connectivity index (χ1n) is 8.94. The van der Waals surface area contributed by atoms with Crippen molar-refractivity contribution >= 4 is 28.2 Å². The predicted octanol–water partition coefficient (Wildman–Crippen LogP) is 6.50. The van der Waals surface area contributed by atoms with Crippen LogP contribution in [0.15, 0.2) is 36.5 Å². The van der Waals surface area contributed by atoms with Gasteiger partial charge in [-0.1, -0.05) is 36.7 Å². The molecule has 1 unspecified atom stereocenters. The summed E-state index contributed by atoms with van der Waals surface area (Å²) in [6.45, 7) is 9.00. The van der Waals surface area contributed by atoms with Crippen LogP contribution in [-0.4, -0.2) is 10.1 Å². The molecule has 0 saturated carbocycles. The molecule has 1 aliphatic rings. The lowest BCUT2D eigenvalue weighted by Gasteiger charge is -2.39. The van der Waals surface area contributed by atoms with E-state index < -0.39 is 0 Å². The minimum Gasteiger partial charge on any atom is -0.380 e. The third-order valence-corrected chi connectivity index (χ3v) is 5.87. The van der Waals surface area contributed by atoms with Crippen LogP contribution < -0.4 is 5.32 Å². The highest BCUT2D eigenvalue weighted by Gasteiger charge is 2.33. The van der Waals surface area contributed by atoms with E-state index in [0.717, 1.165) is 17.0 Å². The monoisotopic (exact) mass is 352 g/mol. The summed E-state index contributed by atoms with van der Waals surface area (Å²) in [5.74, 6) is 0.435. The minimum absolute atomic E-state index is 0.0974. The second-order valence-corrected chi connectivity index (χ2v) is 8.51. The maximum absolute atomic E-state index is 6.99. The number of aromatic nitrogens is 1. The molecule has 0 amide bonds. The average molecular weight is 353 g/mol. The van der Waals surface area contributed by atoms with Gasteiger partial charge >= 0.3 is 0 Å². The molecule has 3 aromatic rings. The van der Waals surface area contributed by atoms with Crippen LogP contribution in [0.1, 0.15) is 44.2 Å². The van der Waals surface area contributed by atoms with Crippen LogP contribution in [-0.2, 0) is 7.05 Å². The highest BCUT2D eigenvalue weighted by Crippen LogP contribution is 2.48. The largest absolute Gasteiger partial charge is 0.380 e. The zero-order valence-electron chi connectivity index (χ0n) is 15.6. The number of fused-ring (bicyclic) bond motifs is 2. The zero-order chi connectivity index (χ0) is 17.9. The summed E-state index contributed by atoms with van der Waals surface area (Å²) in [6.07, 6.45) is 3.19. The number of halogens is 1. The molecule has 0 radical (unpaired) electrons. The average Bonchev–Trinajstić information content (AvgIpc) is 2.91. The Balaban J connectivity index is 2.00. The van der Waals surface area contributed by atoms with E-state index in [-0.39, 0.29) is 5.54 Å². The number of nitrogens with zero attached hydrogens (tertiary/aromatic N) is 1. The lowest BCUT2D eigenvalue weighted by atomic mass is 9.79. The van der Waals surface area contributed by atoms with Crippen LogP contribution in [0.5, 0.6) is 0 Å². The fourth-order valence-electron chi connectivity index (χ4n) is 4.47. The molecule has 0 spiro atoms. The van der Waals surface area contributed by atoms with E-state index in [2.05, 4.69) is 81.2 Å². The molecule has 1 N–H and O–H groups in total. The number of para-hydroxylation sites is 1. The smallest absolute Gasteiger partial charge is 0.0557 e. The van der Waals surface area contributed by atoms with E-state index in [1.807, 2.05) is 0 Å². The van der Waals surface area contributed by atoms with Gasteiger partial charge in [0.2, 0.25) is 0 Å². The molecular weight excluding hydrogens is 328 g/mol. The van der Waals surface area contributed by atoms with Gasteiger partial charge in [0.05, 0.1) is 10.5 Å². The Kier molecular flexibility index (Phi) is 3.66. The van der Waals surface area contributed by atoms with Crippen LogP contribution >= 0.6 is 11.6 Å². The van der Waals surface area contributed by atoms with E-state index in [0.29, 0.717) is 5.92 Å². The van der Waals surface area contributed by atoms with Gasteiger partial charge < -0.3 is 9.88 Å². The van der Waals surface area contributed by atoms with Crippen LogP contribution in [0.2, 0.25) is 5.02 Å². The molecule has 2 nitrogen and oxygen atoms in total. The maximum atomic E-state index is 6.99. The van der Waals surface area contributed by atoms with E-state index in [9.17, 15) is 0 Å². The molecule has 4 rings (SSSR count). The van der Waals surface area contributed by atoms with Crippen molar-refractivity contribution in [3.8, 4) is 11.1 Å². The van der Waals surface area contributed by atoms with Crippen molar-refractivity contribution in [2.24, 2.45) is 7.05 Å². The fourth-order valence-corrected chi connectivity index (χ4v) is 4.91. The molecule has 0 bridgehead atoms. The fraction of sp³-hybridized carbons (Fsp3) is 0.364. The van der Waals surface area contributed by atoms with Crippen LogP contribution in [0.3, 0.4) is 0 Å². The quantitative estimate of drug-likeness (QED) is 0.528. The van der Waals surface area contributed by atoms with Crippen molar-refractivity contribution in [1.82, 2.24) is 4.57 Å². The molecule has 0 aliphatic carbocycles. The van der Waals surface area contributed by atoms with Gasteiger partial charge in [-0.05, 0) is 56.4 Å². The number of hydrogen-bond donors (Lipinski definition) is 1. The van der Waals surface area contributed by atoms with Gasteiger partial charge in [-0.15, -0.1) is 0 Å². The molecule has 25 heavy (non-hydrogen) atoms. The van der Waals surface area contributed by atoms with Crippen LogP contribution in [0.4, 0.5) is 5.69 Å². The van der Waals surface area contributed by atoms with E-state index in [1.54, 1.807) is 0 Å². The summed E-state index contributed by atoms with van der Waals surface area (Å²) in [7, 11) is 2.09. The number of rotatable bonds is 1. The lowest BCUT2D eigenvalue weighted by Crippen LogP contribution is -2.37. The van der Waals surface area contributed by atoms with Gasteiger partial charge in [-0.3, -0.25) is 0 Å². The van der Waals surface area contributed by atoms with E-state index in [4.69, 9.17) is 11.6 Å². The highest BCUT2D eigenvalue weighted by molar-refractivity contribution is 6.35. The molecule has 0 fully saturated rings. The van der Waals surface area contributed by atoms with Gasteiger partial charge in [-0.2, -0.15) is 0 Å². The Labute approximate surface area is 154 Å². The Hall–Kier alpha value is -1.93. The summed E-state index contributed by atoms with van der Waals surface area (Å²) < 4.78 is 2.18. The van der Waals surface area contributed by atoms with E-state index in [1.165, 1.54) is 33.3 Å². The number of aryl methyl sites for hydroxylation is 2. The summed E-state index contributed by atoms with van der Waals surface area (Å²) in [5, 5.41) is 5.85. The summed E-state index contributed by atoms with van der Waals surface area (Å²) in [4.78, 5) is 0. The molecule has 2 heterocycles. The zero-order valence-corrected chi connectivity index (χ0v) is 16.3. The van der Waals surface area contributed by atoms with Crippen LogP contribution in [0, 0.1) is 6.92 Å². The third-order valence-electron chi connectivity index (χ3n) is 5.46. The summed E-state index contributed by atoms with van der Waals surface area (Å²) >= 11 is 6.99. The van der Waals surface area contributed by atoms with Crippen molar-refractivity contribution in [2.45, 2.75) is 45.6 Å². The minimum atomic E-state index is 0.0974. The standard InChI is InChI=1S/C22H25ClN2/c1-13-11-17(16-8-6-7-15-9-10-25(5)21(15)16)19(23)18-14(2)12-22(3,4)24-20(13)18/h6-11,14,24H,12H2,1-5H3. The summed E-state index contributed by atoms with van der Waals surface area (Å²) in [5.41, 5.74) is 7.43. The topological polar surface area (TPSA) is 17.0 Å². The van der Waals surface area contributed by atoms with Crippen molar-refractivity contribution < 1.29 is 0 Å². The first-order valence-corrected chi connectivity index (χ1v) is 9.32. The molecule has 130 valence electrons. The Bertz CT molecular complexity index is 981. The van der Waals surface area contributed by atoms with Crippen LogP contribution in [0.25, 0.3) is 22.0 Å². The lowest BCUT2D eigenvalue weighted by molar-refractivity contribution is 0.454. The first-order chi connectivity index (χ1) is 11.8. The third kappa shape index (κ3) is 2.55. The Morgan fingerprint density at radius 1 is 1.20 bits per heavy atom. The Morgan fingerprint density at radius 3 is 2.72 bits per heavy atom. The maximum Gasteiger partial charge on any atom is 0.0557 e. The molecule has 1 atom stereocenters. The highest BCUT2D eigenvalue weighted by atomic mass is 35.5. The molecule has 3 heteroatoms. The number of nitrogens with one attached hydrogen (secondary N) is 1. The van der Waals surface area contributed by atoms with Gasteiger partial charge in [0.25, 0.3) is 0 Å². The normalized spacial score (nSPS) is 18.9. The second-order valence-electron chi connectivity index (χ2n) is 8.13. The molecule has 1 aliphatic heterocycles. The van der Waals surface area contributed by atoms with E-state index >= 15 is 0 Å². The van der Waals surface area contributed by atoms with Crippen molar-refractivity contribution in [2.75, 3.05) is 5.32 Å². The summed E-state index contributed by atoms with van der Waals surface area (Å²) in [6, 6.07) is 10.9. The number of anilines is 1. The molecule has 1 aromatic heterocycles. The van der Waals surface area contributed by atoms with Gasteiger partial charge in [0.15, 0.2) is 0 Å². The predicted molar refractivity (Wildman–Crippen MR) is 109 cm³/mol. The van der Waals surface area contributed by atoms with Crippen molar-refractivity contribution in [1.29, 1.82) is 0 Å². The number of benzene rings is 2. The molecule has 2 aromatic carbocycles. The number of hydrogen-bond acceptors (Lipinski definition) is 1. The van der Waals surface area contributed by atoms with Crippen molar-refractivity contribution in [3.05, 3.63) is 52.7 Å². The van der Waals surface area contributed by atoms with Gasteiger partial charge in [-0.25, -0.2) is 0 Å². The Morgan fingerprint density at radius 2 is 1.96 bits per heavy atom. The second kappa shape index (κ2) is 5.54. The SMILES string of the molecule is Cc1cc(-c2cccc3ccn(C)c23)c(Cl)c2c1NC(C)(C)CC2C. The first kappa shape index (κ1) is 16.5. The van der Waals surface area contributed by atoms with Gasteiger partial charge in [0, 0.05) is 41.0 Å². The molecular formula is C22H25ClN2.